The first-order valence-electron chi connectivity index (χ1n) is 7.21. The molecular formula is C15H25F2N3. The van der Waals surface area contributed by atoms with Crippen molar-refractivity contribution in [3.8, 4) is 0 Å². The van der Waals surface area contributed by atoms with Gasteiger partial charge in [-0.3, -0.25) is 0 Å². The van der Waals surface area contributed by atoms with E-state index in [0.29, 0.717) is 5.69 Å². The van der Waals surface area contributed by atoms with Gasteiger partial charge in [-0.1, -0.05) is 13.8 Å². The highest BCUT2D eigenvalue weighted by molar-refractivity contribution is 5.67. The molecule has 20 heavy (non-hydrogen) atoms. The van der Waals surface area contributed by atoms with E-state index in [4.69, 9.17) is 5.73 Å². The van der Waals surface area contributed by atoms with Crippen molar-refractivity contribution in [1.82, 2.24) is 4.90 Å². The SMILES string of the molecule is CCN(CC)CCCC(C)Nc1cc(F)cc(F)c1N. The molecule has 0 fully saturated rings. The minimum absolute atomic E-state index is 0.0259. The number of rotatable bonds is 8. The van der Waals surface area contributed by atoms with Gasteiger partial charge in [0.1, 0.15) is 5.82 Å². The van der Waals surface area contributed by atoms with Crippen LogP contribution >= 0.6 is 0 Å². The van der Waals surface area contributed by atoms with Crippen molar-refractivity contribution >= 4 is 11.4 Å². The second-order valence-electron chi connectivity index (χ2n) is 5.06. The zero-order valence-electron chi connectivity index (χ0n) is 12.5. The first-order valence-corrected chi connectivity index (χ1v) is 7.21. The Morgan fingerprint density at radius 2 is 1.90 bits per heavy atom. The van der Waals surface area contributed by atoms with Gasteiger partial charge < -0.3 is 16.0 Å². The first-order chi connectivity index (χ1) is 9.47. The Labute approximate surface area is 120 Å². The van der Waals surface area contributed by atoms with Gasteiger partial charge in [-0.25, -0.2) is 8.78 Å². The van der Waals surface area contributed by atoms with Crippen molar-refractivity contribution in [3.05, 3.63) is 23.8 Å². The number of halogens is 2. The number of nitrogens with two attached hydrogens (primary N) is 1. The number of nitrogens with zero attached hydrogens (tertiary/aromatic N) is 1. The number of hydrogen-bond donors (Lipinski definition) is 2. The predicted octanol–water partition coefficient (Wildman–Crippen LogP) is 3.47. The summed E-state index contributed by atoms with van der Waals surface area (Å²) in [5.41, 5.74) is 5.91. The summed E-state index contributed by atoms with van der Waals surface area (Å²) >= 11 is 0. The Kier molecular flexibility index (Phi) is 6.71. The molecule has 0 heterocycles. The van der Waals surface area contributed by atoms with Crippen LogP contribution in [-0.4, -0.2) is 30.6 Å². The van der Waals surface area contributed by atoms with Gasteiger partial charge in [0, 0.05) is 12.1 Å². The summed E-state index contributed by atoms with van der Waals surface area (Å²) in [6.07, 6.45) is 1.96. The normalized spacial score (nSPS) is 12.7. The Morgan fingerprint density at radius 1 is 1.25 bits per heavy atom. The molecule has 0 aliphatic rings. The van der Waals surface area contributed by atoms with Crippen LogP contribution in [-0.2, 0) is 0 Å². The lowest BCUT2D eigenvalue weighted by molar-refractivity contribution is 0.295. The fraction of sp³-hybridized carbons (Fsp3) is 0.600. The van der Waals surface area contributed by atoms with Gasteiger partial charge >= 0.3 is 0 Å². The molecule has 0 radical (unpaired) electrons. The van der Waals surface area contributed by atoms with E-state index in [9.17, 15) is 8.78 Å². The monoisotopic (exact) mass is 285 g/mol. The lowest BCUT2D eigenvalue weighted by Crippen LogP contribution is -2.25. The topological polar surface area (TPSA) is 41.3 Å². The third-order valence-electron chi connectivity index (χ3n) is 3.50. The number of nitrogen functional groups attached to an aromatic ring is 1. The quantitative estimate of drug-likeness (QED) is 0.719. The fourth-order valence-electron chi connectivity index (χ4n) is 2.20. The molecule has 1 rings (SSSR count). The van der Waals surface area contributed by atoms with Crippen molar-refractivity contribution in [2.45, 2.75) is 39.7 Å². The fourth-order valence-corrected chi connectivity index (χ4v) is 2.20. The summed E-state index contributed by atoms with van der Waals surface area (Å²) in [5.74, 6) is -1.34. The van der Waals surface area contributed by atoms with Crippen LogP contribution in [0.4, 0.5) is 20.2 Å². The first kappa shape index (κ1) is 16.7. The average molecular weight is 285 g/mol. The largest absolute Gasteiger partial charge is 0.395 e. The Bertz CT molecular complexity index is 420. The molecular weight excluding hydrogens is 260 g/mol. The van der Waals surface area contributed by atoms with E-state index in [0.717, 1.165) is 38.5 Å². The highest BCUT2D eigenvalue weighted by Crippen LogP contribution is 2.24. The lowest BCUT2D eigenvalue weighted by atomic mass is 10.1. The van der Waals surface area contributed by atoms with E-state index in [-0.39, 0.29) is 11.7 Å². The van der Waals surface area contributed by atoms with Crippen molar-refractivity contribution < 1.29 is 8.78 Å². The van der Waals surface area contributed by atoms with Crippen LogP contribution in [0.2, 0.25) is 0 Å². The van der Waals surface area contributed by atoms with Crippen LogP contribution in [0.15, 0.2) is 12.1 Å². The summed E-state index contributed by atoms with van der Waals surface area (Å²) in [5, 5.41) is 3.08. The number of anilines is 2. The molecule has 0 spiro atoms. The van der Waals surface area contributed by atoms with Gasteiger partial charge in [-0.05, 0) is 45.5 Å². The maximum atomic E-state index is 13.3. The van der Waals surface area contributed by atoms with Crippen LogP contribution in [0, 0.1) is 11.6 Å². The molecule has 0 aliphatic heterocycles. The number of hydrogen-bond acceptors (Lipinski definition) is 3. The van der Waals surface area contributed by atoms with E-state index >= 15 is 0 Å². The second-order valence-corrected chi connectivity index (χ2v) is 5.06. The Morgan fingerprint density at radius 3 is 2.50 bits per heavy atom. The molecule has 0 aromatic heterocycles. The van der Waals surface area contributed by atoms with Crippen LogP contribution in [0.5, 0.6) is 0 Å². The second kappa shape index (κ2) is 8.04. The van der Waals surface area contributed by atoms with Gasteiger partial charge in [0.15, 0.2) is 5.82 Å². The number of benzene rings is 1. The molecule has 0 bridgehead atoms. The maximum Gasteiger partial charge on any atom is 0.151 e. The van der Waals surface area contributed by atoms with Crippen molar-refractivity contribution in [1.29, 1.82) is 0 Å². The summed E-state index contributed by atoms with van der Waals surface area (Å²) in [6, 6.07) is 2.15. The van der Waals surface area contributed by atoms with Gasteiger partial charge in [0.2, 0.25) is 0 Å². The summed E-state index contributed by atoms with van der Waals surface area (Å²) in [4.78, 5) is 2.35. The van der Waals surface area contributed by atoms with Gasteiger partial charge in [0.05, 0.1) is 11.4 Å². The summed E-state index contributed by atoms with van der Waals surface area (Å²) in [6.45, 7) is 9.39. The molecule has 1 atom stereocenters. The van der Waals surface area contributed by atoms with E-state index in [2.05, 4.69) is 24.1 Å². The molecule has 0 saturated heterocycles. The average Bonchev–Trinajstić information content (AvgIpc) is 2.40. The Hall–Kier alpha value is -1.36. The third kappa shape index (κ3) is 4.96. The Balaban J connectivity index is 2.48. The van der Waals surface area contributed by atoms with Crippen LogP contribution in [0.1, 0.15) is 33.6 Å². The molecule has 5 heteroatoms. The zero-order valence-corrected chi connectivity index (χ0v) is 12.5. The molecule has 0 saturated carbocycles. The molecule has 114 valence electrons. The molecule has 1 unspecified atom stereocenters. The minimum Gasteiger partial charge on any atom is -0.395 e. The highest BCUT2D eigenvalue weighted by atomic mass is 19.1. The minimum atomic E-state index is -0.720. The summed E-state index contributed by atoms with van der Waals surface area (Å²) < 4.78 is 26.5. The van der Waals surface area contributed by atoms with Crippen molar-refractivity contribution in [2.75, 3.05) is 30.7 Å². The molecule has 3 nitrogen and oxygen atoms in total. The third-order valence-corrected chi connectivity index (χ3v) is 3.50. The molecule has 1 aromatic rings. The van der Waals surface area contributed by atoms with E-state index < -0.39 is 11.6 Å². The highest BCUT2D eigenvalue weighted by Gasteiger charge is 2.11. The van der Waals surface area contributed by atoms with Gasteiger partial charge in [-0.2, -0.15) is 0 Å². The number of nitrogens with one attached hydrogen (secondary N) is 1. The van der Waals surface area contributed by atoms with Crippen LogP contribution in [0.25, 0.3) is 0 Å². The van der Waals surface area contributed by atoms with Crippen LogP contribution < -0.4 is 11.1 Å². The maximum absolute atomic E-state index is 13.3. The predicted molar refractivity (Wildman–Crippen MR) is 80.9 cm³/mol. The smallest absolute Gasteiger partial charge is 0.151 e. The van der Waals surface area contributed by atoms with Crippen LogP contribution in [0.3, 0.4) is 0 Å². The van der Waals surface area contributed by atoms with E-state index in [1.807, 2.05) is 6.92 Å². The van der Waals surface area contributed by atoms with Gasteiger partial charge in [0.25, 0.3) is 0 Å². The van der Waals surface area contributed by atoms with Gasteiger partial charge in [-0.15, -0.1) is 0 Å². The molecule has 3 N–H and O–H groups in total. The van der Waals surface area contributed by atoms with Crippen molar-refractivity contribution in [2.24, 2.45) is 0 Å². The van der Waals surface area contributed by atoms with Crippen molar-refractivity contribution in [3.63, 3.8) is 0 Å². The molecule has 0 aliphatic carbocycles. The molecule has 0 amide bonds. The summed E-state index contributed by atoms with van der Waals surface area (Å²) in [7, 11) is 0. The van der Waals surface area contributed by atoms with E-state index in [1.54, 1.807) is 0 Å². The lowest BCUT2D eigenvalue weighted by Gasteiger charge is -2.21. The molecule has 1 aromatic carbocycles. The zero-order chi connectivity index (χ0) is 15.1. The van der Waals surface area contributed by atoms with E-state index in [1.165, 1.54) is 6.07 Å². The standard InChI is InChI=1S/C15H25F2N3/c1-4-20(5-2)8-6-7-11(3)19-14-10-12(16)9-13(17)15(14)18/h9-11,19H,4-8,18H2,1-3H3.